The molecule has 0 aliphatic carbocycles. The van der Waals surface area contributed by atoms with Crippen LogP contribution in [0.15, 0.2) is 86.2 Å². The maximum atomic E-state index is 14.4. The second-order valence-corrected chi connectivity index (χ2v) is 9.96. The molecule has 1 N–H and O–H groups in total. The number of allylic oxidation sites excluding steroid dienone is 2. The Hall–Kier alpha value is -4.86. The van der Waals surface area contributed by atoms with Crippen LogP contribution in [0.25, 0.3) is 10.9 Å². The fourth-order valence-electron chi connectivity index (χ4n) is 5.10. The third kappa shape index (κ3) is 6.38. The molecule has 4 aromatic rings. The van der Waals surface area contributed by atoms with Crippen LogP contribution in [-0.2, 0) is 6.54 Å². The Balaban J connectivity index is 0.000000798. The molecule has 1 fully saturated rings. The number of nitrogens with zero attached hydrogens (tertiary/aromatic N) is 6. The van der Waals surface area contributed by atoms with Gasteiger partial charge in [0.15, 0.2) is 11.6 Å². The topological polar surface area (TPSA) is 77.5 Å². The van der Waals surface area contributed by atoms with E-state index in [1.807, 2.05) is 35.4 Å². The molecule has 42 heavy (non-hydrogen) atoms. The molecule has 1 saturated heterocycles. The molecule has 8 nitrogen and oxygen atoms in total. The lowest BCUT2D eigenvalue weighted by molar-refractivity contribution is 0.0740. The number of hydrogen-bond donors (Lipinski definition) is 1. The van der Waals surface area contributed by atoms with Crippen molar-refractivity contribution in [1.82, 2.24) is 19.9 Å². The van der Waals surface area contributed by atoms with Crippen molar-refractivity contribution < 1.29 is 15.0 Å². The molecule has 0 bridgehead atoms. The van der Waals surface area contributed by atoms with Crippen LogP contribution in [0.4, 0.5) is 26.1 Å². The SMILES string of the molecule is C=CC=C.O=C(c1cnc2c(n1)N(Cc1cc(F)ccc1F)CCCN2)N1CCN(c2ccnc3ccccc23)CC1.[HH]. The molecule has 2 aromatic carbocycles. The zero-order valence-corrected chi connectivity index (χ0v) is 23.3. The smallest absolute Gasteiger partial charge is 0.274 e. The molecule has 0 unspecified atom stereocenters. The van der Waals surface area contributed by atoms with Gasteiger partial charge < -0.3 is 20.0 Å². The molecule has 4 heterocycles. The maximum absolute atomic E-state index is 14.4. The number of para-hydroxylation sites is 1. The fourth-order valence-corrected chi connectivity index (χ4v) is 5.10. The van der Waals surface area contributed by atoms with E-state index in [2.05, 4.69) is 44.4 Å². The summed E-state index contributed by atoms with van der Waals surface area (Å²) < 4.78 is 28.2. The molecule has 2 aliphatic rings. The van der Waals surface area contributed by atoms with Crippen LogP contribution >= 0.6 is 0 Å². The van der Waals surface area contributed by atoms with Gasteiger partial charge in [-0.2, -0.15) is 0 Å². The summed E-state index contributed by atoms with van der Waals surface area (Å²) in [4.78, 5) is 32.9. The zero-order valence-electron chi connectivity index (χ0n) is 23.3. The molecule has 10 heteroatoms. The zero-order chi connectivity index (χ0) is 29.5. The van der Waals surface area contributed by atoms with Crippen LogP contribution in [0, 0.1) is 11.6 Å². The highest BCUT2D eigenvalue weighted by atomic mass is 19.1. The standard InChI is InChI=1S/C28H27F2N7O.C4H6.H2/c29-20-6-7-22(30)19(16-20)18-37-11-3-9-32-26-27(37)34-24(17-33-26)28(38)36-14-12-35(13-15-36)25-8-10-31-23-5-2-1-4-21(23)25;1-3-4-2;/h1-2,4-8,10,16-17H,3,9,11-15,18H2,(H,32,33);3-4H,1-2H2;1H. The van der Waals surface area contributed by atoms with Gasteiger partial charge in [0.25, 0.3) is 5.91 Å². The average Bonchev–Trinajstić information content (AvgIpc) is 3.24. The van der Waals surface area contributed by atoms with E-state index in [-0.39, 0.29) is 25.1 Å². The van der Waals surface area contributed by atoms with Gasteiger partial charge in [-0.1, -0.05) is 43.5 Å². The summed E-state index contributed by atoms with van der Waals surface area (Å²) in [5, 5.41) is 4.32. The summed E-state index contributed by atoms with van der Waals surface area (Å²) in [6, 6.07) is 13.5. The molecular weight excluding hydrogens is 536 g/mol. The first-order chi connectivity index (χ1) is 20.5. The summed E-state index contributed by atoms with van der Waals surface area (Å²) in [5.41, 5.74) is 2.52. The van der Waals surface area contributed by atoms with E-state index < -0.39 is 11.6 Å². The van der Waals surface area contributed by atoms with E-state index in [0.29, 0.717) is 50.9 Å². The number of rotatable bonds is 5. The first-order valence-corrected chi connectivity index (χ1v) is 13.9. The number of pyridine rings is 1. The number of carbonyl (C=O) groups is 1. The van der Waals surface area contributed by atoms with Crippen molar-refractivity contribution >= 4 is 34.1 Å². The van der Waals surface area contributed by atoms with Crippen molar-refractivity contribution in [3.63, 3.8) is 0 Å². The highest BCUT2D eigenvalue weighted by molar-refractivity contribution is 5.94. The second kappa shape index (κ2) is 13.2. The minimum atomic E-state index is -0.497. The number of carbonyl (C=O) groups excluding carboxylic acids is 1. The first-order valence-electron chi connectivity index (χ1n) is 13.9. The molecule has 0 atom stereocenters. The Kier molecular flexibility index (Phi) is 9.01. The predicted octanol–water partition coefficient (Wildman–Crippen LogP) is 5.69. The molecule has 2 aliphatic heterocycles. The third-order valence-electron chi connectivity index (χ3n) is 7.24. The lowest BCUT2D eigenvalue weighted by Crippen LogP contribution is -2.49. The molecule has 218 valence electrons. The number of amides is 1. The van der Waals surface area contributed by atoms with Crippen LogP contribution in [0.2, 0.25) is 0 Å². The van der Waals surface area contributed by atoms with Gasteiger partial charge in [-0.15, -0.1) is 0 Å². The Morgan fingerprint density at radius 3 is 2.57 bits per heavy atom. The Morgan fingerprint density at radius 2 is 1.79 bits per heavy atom. The Morgan fingerprint density at radius 1 is 1.00 bits per heavy atom. The van der Waals surface area contributed by atoms with Gasteiger partial charge in [0, 0.05) is 70.1 Å². The van der Waals surface area contributed by atoms with Crippen molar-refractivity contribution in [2.75, 3.05) is 54.4 Å². The number of nitrogens with one attached hydrogen (secondary N) is 1. The third-order valence-corrected chi connectivity index (χ3v) is 7.24. The molecule has 0 saturated carbocycles. The highest BCUT2D eigenvalue weighted by Gasteiger charge is 2.27. The molecule has 1 amide bonds. The van der Waals surface area contributed by atoms with Crippen molar-refractivity contribution in [2.24, 2.45) is 0 Å². The van der Waals surface area contributed by atoms with Gasteiger partial charge in [-0.05, 0) is 36.8 Å². The van der Waals surface area contributed by atoms with Crippen LogP contribution in [0.1, 0.15) is 23.9 Å². The van der Waals surface area contributed by atoms with Crippen LogP contribution in [-0.4, -0.2) is 65.0 Å². The van der Waals surface area contributed by atoms with Gasteiger partial charge in [-0.25, -0.2) is 18.7 Å². The van der Waals surface area contributed by atoms with Crippen molar-refractivity contribution in [2.45, 2.75) is 13.0 Å². The largest absolute Gasteiger partial charge is 0.367 e. The summed E-state index contributed by atoms with van der Waals surface area (Å²) in [5.74, 6) is -0.168. The Bertz CT molecular complexity index is 1580. The van der Waals surface area contributed by atoms with Gasteiger partial charge in [0.05, 0.1) is 11.7 Å². The van der Waals surface area contributed by atoms with Gasteiger partial charge in [0.2, 0.25) is 0 Å². The van der Waals surface area contributed by atoms with Crippen LogP contribution in [0.5, 0.6) is 0 Å². The number of fused-ring (bicyclic) bond motifs is 2. The minimum Gasteiger partial charge on any atom is -0.367 e. The van der Waals surface area contributed by atoms with Gasteiger partial charge >= 0.3 is 0 Å². The summed E-state index contributed by atoms with van der Waals surface area (Å²) in [6.45, 7) is 10.6. The molecule has 0 radical (unpaired) electrons. The van der Waals surface area contributed by atoms with E-state index in [1.165, 1.54) is 12.3 Å². The summed E-state index contributed by atoms with van der Waals surface area (Å²) in [6.07, 6.45) is 7.35. The van der Waals surface area contributed by atoms with E-state index in [9.17, 15) is 13.6 Å². The number of benzene rings is 2. The minimum absolute atomic E-state index is 0. The van der Waals surface area contributed by atoms with E-state index in [4.69, 9.17) is 0 Å². The molecular formula is C32H35F2N7O. The Labute approximate surface area is 245 Å². The predicted molar refractivity (Wildman–Crippen MR) is 165 cm³/mol. The molecule has 6 rings (SSSR count). The lowest BCUT2D eigenvalue weighted by Gasteiger charge is -2.36. The van der Waals surface area contributed by atoms with Crippen molar-refractivity contribution in [1.29, 1.82) is 0 Å². The average molecular weight is 572 g/mol. The number of hydrogen-bond acceptors (Lipinski definition) is 7. The van der Waals surface area contributed by atoms with Crippen LogP contribution in [0.3, 0.4) is 0 Å². The second-order valence-electron chi connectivity index (χ2n) is 9.96. The number of aromatic nitrogens is 3. The molecule has 0 spiro atoms. The number of piperazine rings is 1. The van der Waals surface area contributed by atoms with Gasteiger partial charge in [-0.3, -0.25) is 9.78 Å². The van der Waals surface area contributed by atoms with Crippen LogP contribution < -0.4 is 15.1 Å². The van der Waals surface area contributed by atoms with Crippen molar-refractivity contribution in [3.8, 4) is 0 Å². The van der Waals surface area contributed by atoms with Gasteiger partial charge in [0.1, 0.15) is 17.3 Å². The number of halogens is 2. The monoisotopic (exact) mass is 571 g/mol. The maximum Gasteiger partial charge on any atom is 0.274 e. The van der Waals surface area contributed by atoms with Crippen molar-refractivity contribution in [3.05, 3.63) is 109 Å². The molecule has 2 aromatic heterocycles. The lowest BCUT2D eigenvalue weighted by atomic mass is 10.1. The summed E-state index contributed by atoms with van der Waals surface area (Å²) >= 11 is 0. The van der Waals surface area contributed by atoms with E-state index >= 15 is 0 Å². The highest BCUT2D eigenvalue weighted by Crippen LogP contribution is 2.28. The van der Waals surface area contributed by atoms with E-state index in [1.54, 1.807) is 17.1 Å². The fraction of sp³-hybridized carbons (Fsp3) is 0.250. The quantitative estimate of drug-likeness (QED) is 0.308. The summed E-state index contributed by atoms with van der Waals surface area (Å²) in [7, 11) is 0. The first kappa shape index (κ1) is 28.7. The number of anilines is 3. The van der Waals surface area contributed by atoms with E-state index in [0.717, 1.165) is 35.1 Å². The normalized spacial score (nSPS) is 14.7.